The summed E-state index contributed by atoms with van der Waals surface area (Å²) < 4.78 is 0. The largest absolute Gasteiger partial charge is 0.338 e. The van der Waals surface area contributed by atoms with Gasteiger partial charge in [0.25, 0.3) is 0 Å². The topological polar surface area (TPSA) is 58.4 Å². The van der Waals surface area contributed by atoms with Crippen LogP contribution in [0.25, 0.3) is 0 Å². The summed E-state index contributed by atoms with van der Waals surface area (Å²) in [6.07, 6.45) is 6.57. The van der Waals surface area contributed by atoms with E-state index in [-0.39, 0.29) is 6.04 Å². The predicted molar refractivity (Wildman–Crippen MR) is 77.8 cm³/mol. The normalized spacial score (nSPS) is 29.5. The van der Waals surface area contributed by atoms with Crippen molar-refractivity contribution < 1.29 is 4.79 Å². The van der Waals surface area contributed by atoms with Gasteiger partial charge in [0.05, 0.1) is 0 Å². The van der Waals surface area contributed by atoms with Crippen LogP contribution < -0.4 is 11.1 Å². The molecule has 0 spiro atoms. The number of nitrogens with two attached hydrogens (primary N) is 1. The van der Waals surface area contributed by atoms with Crippen LogP contribution in [0.3, 0.4) is 0 Å². The molecule has 19 heavy (non-hydrogen) atoms. The molecule has 0 unspecified atom stereocenters. The zero-order chi connectivity index (χ0) is 13.7. The maximum absolute atomic E-state index is 12.4. The minimum atomic E-state index is 0.272. The Hall–Kier alpha value is -0.610. The standard InChI is InChI=1S/C15H29N3O/c1-12-3-2-10-18(14(12)11-16)15(19)5-4-13-6-8-17-9-7-13/h12-14,17H,2-11,16H2,1H3/t12-,14-/m0/s1. The second-order valence-electron chi connectivity index (χ2n) is 6.24. The summed E-state index contributed by atoms with van der Waals surface area (Å²) in [6, 6.07) is 0.272. The van der Waals surface area contributed by atoms with E-state index in [9.17, 15) is 4.79 Å². The van der Waals surface area contributed by atoms with Crippen LogP contribution in [0, 0.1) is 11.8 Å². The van der Waals surface area contributed by atoms with Crippen molar-refractivity contribution >= 4 is 5.91 Å². The van der Waals surface area contributed by atoms with E-state index < -0.39 is 0 Å². The van der Waals surface area contributed by atoms with E-state index in [0.29, 0.717) is 24.8 Å². The first kappa shape index (κ1) is 14.8. The molecule has 0 aromatic carbocycles. The van der Waals surface area contributed by atoms with Crippen LogP contribution in [0.1, 0.15) is 45.4 Å². The van der Waals surface area contributed by atoms with E-state index in [0.717, 1.165) is 38.4 Å². The minimum absolute atomic E-state index is 0.272. The summed E-state index contributed by atoms with van der Waals surface area (Å²) >= 11 is 0. The van der Waals surface area contributed by atoms with Gasteiger partial charge in [-0.15, -0.1) is 0 Å². The second kappa shape index (κ2) is 7.25. The first-order chi connectivity index (χ1) is 9.22. The summed E-state index contributed by atoms with van der Waals surface area (Å²) in [7, 11) is 0. The molecule has 2 aliphatic rings. The minimum Gasteiger partial charge on any atom is -0.338 e. The van der Waals surface area contributed by atoms with E-state index in [4.69, 9.17) is 5.73 Å². The molecule has 2 rings (SSSR count). The van der Waals surface area contributed by atoms with Gasteiger partial charge in [0.15, 0.2) is 0 Å². The Kier molecular flexibility index (Phi) is 5.64. The van der Waals surface area contributed by atoms with E-state index in [1.54, 1.807) is 0 Å². The van der Waals surface area contributed by atoms with Crippen molar-refractivity contribution in [2.75, 3.05) is 26.2 Å². The van der Waals surface area contributed by atoms with Crippen LogP contribution in [0.2, 0.25) is 0 Å². The maximum Gasteiger partial charge on any atom is 0.222 e. The molecule has 0 aromatic heterocycles. The monoisotopic (exact) mass is 267 g/mol. The van der Waals surface area contributed by atoms with Crippen LogP contribution in [0.5, 0.6) is 0 Å². The molecule has 1 amide bonds. The summed E-state index contributed by atoms with van der Waals surface area (Å²) in [4.78, 5) is 14.5. The molecule has 0 bridgehead atoms. The Bertz CT molecular complexity index is 289. The molecule has 2 aliphatic heterocycles. The van der Waals surface area contributed by atoms with E-state index in [1.807, 2.05) is 0 Å². The number of hydrogen-bond acceptors (Lipinski definition) is 3. The zero-order valence-electron chi connectivity index (χ0n) is 12.2. The molecule has 0 radical (unpaired) electrons. The molecule has 4 nitrogen and oxygen atoms in total. The summed E-state index contributed by atoms with van der Waals surface area (Å²) in [5, 5.41) is 3.38. The van der Waals surface area contributed by atoms with Gasteiger partial charge in [-0.05, 0) is 57.0 Å². The van der Waals surface area contributed by atoms with Crippen molar-refractivity contribution in [2.45, 2.75) is 51.5 Å². The number of nitrogens with zero attached hydrogens (tertiary/aromatic N) is 1. The molecule has 0 aliphatic carbocycles. The van der Waals surface area contributed by atoms with Gasteiger partial charge in [0.1, 0.15) is 0 Å². The lowest BCUT2D eigenvalue weighted by Crippen LogP contribution is -2.51. The smallest absolute Gasteiger partial charge is 0.222 e. The highest BCUT2D eigenvalue weighted by Gasteiger charge is 2.30. The molecule has 2 fully saturated rings. The molecule has 3 N–H and O–H groups in total. The Morgan fingerprint density at radius 3 is 2.74 bits per heavy atom. The Morgan fingerprint density at radius 1 is 1.32 bits per heavy atom. The van der Waals surface area contributed by atoms with Gasteiger partial charge in [0.2, 0.25) is 5.91 Å². The fourth-order valence-corrected chi connectivity index (χ4v) is 3.56. The average Bonchev–Trinajstić information content (AvgIpc) is 2.45. The molecule has 4 heteroatoms. The van der Waals surface area contributed by atoms with Crippen LogP contribution in [0.15, 0.2) is 0 Å². The van der Waals surface area contributed by atoms with Gasteiger partial charge < -0.3 is 16.0 Å². The van der Waals surface area contributed by atoms with Crippen molar-refractivity contribution in [2.24, 2.45) is 17.6 Å². The lowest BCUT2D eigenvalue weighted by atomic mass is 9.89. The predicted octanol–water partition coefficient (Wildman–Crippen LogP) is 1.35. The van der Waals surface area contributed by atoms with Crippen LogP contribution >= 0.6 is 0 Å². The molecular formula is C15H29N3O. The number of carbonyl (C=O) groups excluding carboxylic acids is 1. The third kappa shape index (κ3) is 3.93. The number of hydrogen-bond donors (Lipinski definition) is 2. The summed E-state index contributed by atoms with van der Waals surface area (Å²) in [5.74, 6) is 1.63. The van der Waals surface area contributed by atoms with Gasteiger partial charge in [0, 0.05) is 25.6 Å². The van der Waals surface area contributed by atoms with Crippen molar-refractivity contribution in [1.82, 2.24) is 10.2 Å². The van der Waals surface area contributed by atoms with Gasteiger partial charge >= 0.3 is 0 Å². The van der Waals surface area contributed by atoms with Crippen molar-refractivity contribution in [3.05, 3.63) is 0 Å². The van der Waals surface area contributed by atoms with Gasteiger partial charge in [-0.2, -0.15) is 0 Å². The highest BCUT2D eigenvalue weighted by molar-refractivity contribution is 5.76. The first-order valence-electron chi connectivity index (χ1n) is 7.92. The SMILES string of the molecule is C[C@H]1CCCN(C(=O)CCC2CCNCC2)[C@H]1CN. The Morgan fingerprint density at radius 2 is 2.05 bits per heavy atom. The molecular weight excluding hydrogens is 238 g/mol. The number of nitrogens with one attached hydrogen (secondary N) is 1. The highest BCUT2D eigenvalue weighted by atomic mass is 16.2. The number of carbonyl (C=O) groups is 1. The van der Waals surface area contributed by atoms with Crippen molar-refractivity contribution in [3.8, 4) is 0 Å². The van der Waals surface area contributed by atoms with Gasteiger partial charge in [-0.3, -0.25) is 4.79 Å². The van der Waals surface area contributed by atoms with Gasteiger partial charge in [-0.1, -0.05) is 6.92 Å². The molecule has 110 valence electrons. The molecule has 0 saturated carbocycles. The zero-order valence-corrected chi connectivity index (χ0v) is 12.2. The third-order valence-electron chi connectivity index (χ3n) is 4.90. The molecule has 0 aromatic rings. The summed E-state index contributed by atoms with van der Waals surface area (Å²) in [5.41, 5.74) is 5.86. The first-order valence-corrected chi connectivity index (χ1v) is 7.92. The quantitative estimate of drug-likeness (QED) is 0.808. The Balaban J connectivity index is 1.80. The van der Waals surface area contributed by atoms with E-state index in [1.165, 1.54) is 19.3 Å². The summed E-state index contributed by atoms with van der Waals surface area (Å²) in [6.45, 7) is 5.98. The van der Waals surface area contributed by atoms with Crippen molar-refractivity contribution in [1.29, 1.82) is 0 Å². The number of rotatable bonds is 4. The molecule has 2 saturated heterocycles. The van der Waals surface area contributed by atoms with Crippen LogP contribution in [-0.2, 0) is 4.79 Å². The Labute approximate surface area is 117 Å². The average molecular weight is 267 g/mol. The molecule has 2 heterocycles. The number of piperidine rings is 2. The number of amides is 1. The fraction of sp³-hybridized carbons (Fsp3) is 0.933. The second-order valence-corrected chi connectivity index (χ2v) is 6.24. The number of likely N-dealkylation sites (tertiary alicyclic amines) is 1. The molecule has 2 atom stereocenters. The van der Waals surface area contributed by atoms with Gasteiger partial charge in [-0.25, -0.2) is 0 Å². The van der Waals surface area contributed by atoms with Crippen LogP contribution in [-0.4, -0.2) is 43.0 Å². The maximum atomic E-state index is 12.4. The van der Waals surface area contributed by atoms with E-state index >= 15 is 0 Å². The third-order valence-corrected chi connectivity index (χ3v) is 4.90. The lowest BCUT2D eigenvalue weighted by molar-refractivity contribution is -0.136. The van der Waals surface area contributed by atoms with Crippen molar-refractivity contribution in [3.63, 3.8) is 0 Å². The van der Waals surface area contributed by atoms with Crippen LogP contribution in [0.4, 0.5) is 0 Å². The fourth-order valence-electron chi connectivity index (χ4n) is 3.56. The highest BCUT2D eigenvalue weighted by Crippen LogP contribution is 2.25. The lowest BCUT2D eigenvalue weighted by Gasteiger charge is -2.39. The van der Waals surface area contributed by atoms with E-state index in [2.05, 4.69) is 17.1 Å².